The van der Waals surface area contributed by atoms with Gasteiger partial charge < -0.3 is 10.6 Å². The second-order valence-corrected chi connectivity index (χ2v) is 7.13. The minimum atomic E-state index is -0.225. The van der Waals surface area contributed by atoms with Crippen molar-refractivity contribution in [1.29, 1.82) is 0 Å². The first kappa shape index (κ1) is 18.9. The zero-order valence-corrected chi connectivity index (χ0v) is 15.4. The average Bonchev–Trinajstić information content (AvgIpc) is 3.28. The highest BCUT2D eigenvalue weighted by molar-refractivity contribution is 5.94. The lowest BCUT2D eigenvalue weighted by atomic mass is 9.78. The van der Waals surface area contributed by atoms with E-state index in [0.717, 1.165) is 55.5 Å². The van der Waals surface area contributed by atoms with E-state index in [1.165, 1.54) is 12.1 Å². The molecule has 4 rings (SSSR count). The number of nitrogens with zero attached hydrogens (tertiary/aromatic N) is 1. The second-order valence-electron chi connectivity index (χ2n) is 7.13. The molecule has 5 nitrogen and oxygen atoms in total. The number of benzene rings is 1. The molecule has 0 atom stereocenters. The number of aromatic amines is 1. The third-order valence-electron chi connectivity index (χ3n) is 5.63. The fraction of sp³-hybridized carbons (Fsp3) is 0.474. The molecule has 140 valence electrons. The molecule has 1 aromatic heterocycles. The summed E-state index contributed by atoms with van der Waals surface area (Å²) >= 11 is 0. The highest BCUT2D eigenvalue weighted by Gasteiger charge is 2.36. The number of halogens is 2. The molecule has 0 radical (unpaired) electrons. The van der Waals surface area contributed by atoms with Gasteiger partial charge in [0.15, 0.2) is 5.69 Å². The van der Waals surface area contributed by atoms with Crippen molar-refractivity contribution < 1.29 is 9.18 Å². The zero-order valence-electron chi connectivity index (χ0n) is 14.6. The lowest BCUT2D eigenvalue weighted by Gasteiger charge is -2.30. The Morgan fingerprint density at radius 3 is 2.69 bits per heavy atom. The van der Waals surface area contributed by atoms with E-state index in [1.54, 1.807) is 0 Å². The van der Waals surface area contributed by atoms with Gasteiger partial charge in [0, 0.05) is 42.7 Å². The van der Waals surface area contributed by atoms with Gasteiger partial charge in [-0.3, -0.25) is 9.89 Å². The van der Waals surface area contributed by atoms with Crippen molar-refractivity contribution in [3.05, 3.63) is 52.6 Å². The summed E-state index contributed by atoms with van der Waals surface area (Å²) in [5.41, 5.74) is 3.54. The summed E-state index contributed by atoms with van der Waals surface area (Å²) in [6.07, 6.45) is 5.16. The summed E-state index contributed by atoms with van der Waals surface area (Å²) in [4.78, 5) is 12.7. The fourth-order valence-corrected chi connectivity index (χ4v) is 4.17. The molecule has 7 heteroatoms. The van der Waals surface area contributed by atoms with E-state index < -0.39 is 0 Å². The van der Waals surface area contributed by atoms with E-state index in [0.29, 0.717) is 18.8 Å². The molecule has 1 fully saturated rings. The monoisotopic (exact) mass is 378 g/mol. The van der Waals surface area contributed by atoms with Crippen LogP contribution in [-0.2, 0) is 18.4 Å². The summed E-state index contributed by atoms with van der Waals surface area (Å²) in [5.74, 6) is -0.355. The van der Waals surface area contributed by atoms with Crippen LogP contribution < -0.4 is 10.6 Å². The molecule has 2 aromatic rings. The molecule has 3 N–H and O–H groups in total. The molecule has 0 unspecified atom stereocenters. The van der Waals surface area contributed by atoms with Crippen molar-refractivity contribution in [3.8, 4) is 0 Å². The molecule has 0 spiro atoms. The lowest BCUT2D eigenvalue weighted by molar-refractivity contribution is 0.0937. The van der Waals surface area contributed by atoms with Gasteiger partial charge in [0.2, 0.25) is 0 Å². The van der Waals surface area contributed by atoms with E-state index in [9.17, 15) is 9.18 Å². The van der Waals surface area contributed by atoms with Crippen LogP contribution in [0.25, 0.3) is 0 Å². The number of hydrogen-bond acceptors (Lipinski definition) is 3. The number of carbonyl (C=O) groups is 1. The van der Waals surface area contributed by atoms with Gasteiger partial charge in [0.05, 0.1) is 0 Å². The molecule has 1 aromatic carbocycles. The number of aromatic nitrogens is 2. The summed E-state index contributed by atoms with van der Waals surface area (Å²) in [6, 6.07) is 6.72. The Balaban J connectivity index is 0.00000196. The average molecular weight is 379 g/mol. The number of hydrogen-bond donors (Lipinski definition) is 3. The zero-order chi connectivity index (χ0) is 17.3. The van der Waals surface area contributed by atoms with Gasteiger partial charge in [0.25, 0.3) is 5.91 Å². The van der Waals surface area contributed by atoms with Gasteiger partial charge in [-0.05, 0) is 30.5 Å². The lowest BCUT2D eigenvalue weighted by Crippen LogP contribution is -2.39. The van der Waals surface area contributed by atoms with Crippen LogP contribution in [0.5, 0.6) is 0 Å². The van der Waals surface area contributed by atoms with Crippen LogP contribution in [0.1, 0.15) is 53.0 Å². The Hall–Kier alpha value is -1.92. The van der Waals surface area contributed by atoms with E-state index in [-0.39, 0.29) is 29.5 Å². The maximum absolute atomic E-state index is 13.3. The van der Waals surface area contributed by atoms with Crippen LogP contribution in [0.4, 0.5) is 4.39 Å². The number of H-pyrrole nitrogens is 1. The molecule has 1 aliphatic heterocycles. The number of rotatable bonds is 4. The van der Waals surface area contributed by atoms with Crippen molar-refractivity contribution in [2.24, 2.45) is 0 Å². The van der Waals surface area contributed by atoms with E-state index in [2.05, 4.69) is 20.8 Å². The van der Waals surface area contributed by atoms with E-state index in [1.807, 2.05) is 12.1 Å². The smallest absolute Gasteiger partial charge is 0.272 e. The molecular weight excluding hydrogens is 355 g/mol. The number of fused-ring (bicyclic) bond motifs is 1. The highest BCUT2D eigenvalue weighted by atomic mass is 35.5. The van der Waals surface area contributed by atoms with Crippen molar-refractivity contribution >= 4 is 18.3 Å². The molecule has 26 heavy (non-hydrogen) atoms. The van der Waals surface area contributed by atoms with Gasteiger partial charge in [-0.1, -0.05) is 25.0 Å². The third kappa shape index (κ3) is 3.48. The van der Waals surface area contributed by atoms with Gasteiger partial charge in [-0.25, -0.2) is 4.39 Å². The summed E-state index contributed by atoms with van der Waals surface area (Å²) in [6.45, 7) is 2.15. The van der Waals surface area contributed by atoms with Crippen LogP contribution >= 0.6 is 12.4 Å². The number of nitrogens with one attached hydrogen (secondary N) is 3. The first-order valence-corrected chi connectivity index (χ1v) is 8.99. The van der Waals surface area contributed by atoms with Crippen molar-refractivity contribution in [2.45, 2.75) is 44.1 Å². The predicted octanol–water partition coefficient (Wildman–Crippen LogP) is 2.86. The Labute approximate surface area is 158 Å². The Morgan fingerprint density at radius 1 is 1.23 bits per heavy atom. The second kappa shape index (κ2) is 7.76. The van der Waals surface area contributed by atoms with Crippen LogP contribution in [-0.4, -0.2) is 29.2 Å². The Bertz CT molecular complexity index is 768. The fourth-order valence-electron chi connectivity index (χ4n) is 4.17. The Morgan fingerprint density at radius 2 is 1.96 bits per heavy atom. The Kier molecular flexibility index (Phi) is 5.63. The van der Waals surface area contributed by atoms with Crippen LogP contribution in [0.2, 0.25) is 0 Å². The van der Waals surface area contributed by atoms with Crippen LogP contribution in [0, 0.1) is 5.82 Å². The standard InChI is InChI=1S/C19H23FN4O.ClH/c20-14-5-3-13(4-6-14)19(8-1-2-9-19)12-22-18(25)17-15-11-21-10-7-16(15)23-24-17;/h3-6,21H,1-2,7-12H2,(H,22,25)(H,23,24);1H. The largest absolute Gasteiger partial charge is 0.350 e. The van der Waals surface area contributed by atoms with Gasteiger partial charge >= 0.3 is 0 Å². The van der Waals surface area contributed by atoms with Gasteiger partial charge in [-0.2, -0.15) is 5.10 Å². The van der Waals surface area contributed by atoms with Crippen molar-refractivity contribution in [3.63, 3.8) is 0 Å². The molecule has 0 saturated heterocycles. The maximum atomic E-state index is 13.3. The SMILES string of the molecule is Cl.O=C(NCC1(c2ccc(F)cc2)CCCC1)c1n[nH]c2c1CNCC2. The molecule has 1 aliphatic carbocycles. The van der Waals surface area contributed by atoms with Crippen molar-refractivity contribution in [2.75, 3.05) is 13.1 Å². The molecule has 0 bridgehead atoms. The van der Waals surface area contributed by atoms with Gasteiger partial charge in [-0.15, -0.1) is 12.4 Å². The molecule has 1 saturated carbocycles. The summed E-state index contributed by atoms with van der Waals surface area (Å²) in [5, 5.41) is 13.6. The summed E-state index contributed by atoms with van der Waals surface area (Å²) < 4.78 is 13.3. The number of amides is 1. The van der Waals surface area contributed by atoms with Gasteiger partial charge in [0.1, 0.15) is 5.82 Å². The first-order valence-electron chi connectivity index (χ1n) is 8.99. The molecule has 2 aliphatic rings. The minimum absolute atomic E-state index is 0. The topological polar surface area (TPSA) is 69.8 Å². The first-order chi connectivity index (χ1) is 12.2. The predicted molar refractivity (Wildman–Crippen MR) is 100 cm³/mol. The molecule has 2 heterocycles. The highest BCUT2D eigenvalue weighted by Crippen LogP contribution is 2.40. The molecular formula is C19H24ClFN4O. The number of carbonyl (C=O) groups excluding carboxylic acids is 1. The van der Waals surface area contributed by atoms with Crippen LogP contribution in [0.3, 0.4) is 0 Å². The van der Waals surface area contributed by atoms with E-state index in [4.69, 9.17) is 0 Å². The van der Waals surface area contributed by atoms with Crippen LogP contribution in [0.15, 0.2) is 24.3 Å². The summed E-state index contributed by atoms with van der Waals surface area (Å²) in [7, 11) is 0. The normalized spacial score (nSPS) is 18.0. The quantitative estimate of drug-likeness (QED) is 0.766. The minimum Gasteiger partial charge on any atom is -0.350 e. The third-order valence-corrected chi connectivity index (χ3v) is 5.63. The van der Waals surface area contributed by atoms with E-state index >= 15 is 0 Å². The van der Waals surface area contributed by atoms with Crippen molar-refractivity contribution in [1.82, 2.24) is 20.8 Å². The molecule has 1 amide bonds. The maximum Gasteiger partial charge on any atom is 0.272 e.